The Kier molecular flexibility index (Phi) is 3.31. The Labute approximate surface area is 123 Å². The fourth-order valence-electron chi connectivity index (χ4n) is 2.05. The van der Waals surface area contributed by atoms with E-state index in [1.807, 2.05) is 24.3 Å². The lowest BCUT2D eigenvalue weighted by molar-refractivity contribution is 0.103. The fraction of sp³-hybridized carbons (Fsp3) is 0. The third kappa shape index (κ3) is 2.57. The summed E-state index contributed by atoms with van der Waals surface area (Å²) in [4.78, 5) is 12.5. The van der Waals surface area contributed by atoms with Crippen LogP contribution in [0.15, 0.2) is 42.5 Å². The predicted molar refractivity (Wildman–Crippen MR) is 80.5 cm³/mol. The van der Waals surface area contributed by atoms with Crippen LogP contribution in [0.2, 0.25) is 0 Å². The molecule has 1 aromatic heterocycles. The molecule has 0 aliphatic carbocycles. The van der Waals surface area contributed by atoms with Gasteiger partial charge in [-0.05, 0) is 18.2 Å². The molecule has 0 atom stereocenters. The van der Waals surface area contributed by atoms with Gasteiger partial charge in [0, 0.05) is 21.8 Å². The van der Waals surface area contributed by atoms with Crippen molar-refractivity contribution < 1.29 is 13.6 Å². The molecular weight excluding hydrogens is 294 g/mol. The summed E-state index contributed by atoms with van der Waals surface area (Å²) in [6, 6.07) is 10.2. The van der Waals surface area contributed by atoms with E-state index in [9.17, 15) is 13.6 Å². The topological polar surface area (TPSA) is 55.1 Å². The first-order valence-electron chi connectivity index (χ1n) is 6.09. The van der Waals surface area contributed by atoms with Gasteiger partial charge in [0.15, 0.2) is 0 Å². The number of carbonyl (C=O) groups excluding carboxylic acids is 1. The van der Waals surface area contributed by atoms with Crippen LogP contribution in [0.4, 0.5) is 20.2 Å². The number of rotatable bonds is 2. The maximum atomic E-state index is 13.1. The molecule has 2 aromatic carbocycles. The van der Waals surface area contributed by atoms with Crippen molar-refractivity contribution in [2.24, 2.45) is 0 Å². The number of anilines is 2. The van der Waals surface area contributed by atoms with Crippen LogP contribution in [0, 0.1) is 11.6 Å². The summed E-state index contributed by atoms with van der Waals surface area (Å²) in [5, 5.41) is 3.24. The van der Waals surface area contributed by atoms with Gasteiger partial charge in [-0.3, -0.25) is 4.79 Å². The number of fused-ring (bicyclic) bond motifs is 1. The number of nitrogens with one attached hydrogen (secondary N) is 1. The largest absolute Gasteiger partial charge is 0.397 e. The number of carbonyl (C=O) groups is 1. The monoisotopic (exact) mass is 304 g/mol. The Hall–Kier alpha value is -2.47. The SMILES string of the molecule is Nc1c(C(=O)Nc2cc(F)cc(F)c2)sc2ccccc12. The molecule has 0 saturated heterocycles. The van der Waals surface area contributed by atoms with Crippen LogP contribution in [0.3, 0.4) is 0 Å². The Bertz CT molecular complexity index is 825. The van der Waals surface area contributed by atoms with Gasteiger partial charge in [0.25, 0.3) is 5.91 Å². The fourth-order valence-corrected chi connectivity index (χ4v) is 3.07. The van der Waals surface area contributed by atoms with Crippen molar-refractivity contribution >= 4 is 38.7 Å². The number of benzene rings is 2. The quantitative estimate of drug-likeness (QED) is 0.751. The van der Waals surface area contributed by atoms with Gasteiger partial charge in [0.1, 0.15) is 16.5 Å². The van der Waals surface area contributed by atoms with E-state index in [0.717, 1.165) is 28.3 Å². The van der Waals surface area contributed by atoms with Gasteiger partial charge in [-0.25, -0.2) is 8.78 Å². The second-order valence-corrected chi connectivity index (χ2v) is 5.51. The van der Waals surface area contributed by atoms with Crippen molar-refractivity contribution in [1.29, 1.82) is 0 Å². The number of amides is 1. The lowest BCUT2D eigenvalue weighted by atomic mass is 10.2. The van der Waals surface area contributed by atoms with Gasteiger partial charge < -0.3 is 11.1 Å². The number of nitrogens with two attached hydrogens (primary N) is 1. The van der Waals surface area contributed by atoms with Crippen molar-refractivity contribution in [2.45, 2.75) is 0 Å². The van der Waals surface area contributed by atoms with Gasteiger partial charge in [-0.2, -0.15) is 0 Å². The molecule has 3 rings (SSSR count). The van der Waals surface area contributed by atoms with Crippen LogP contribution in [-0.2, 0) is 0 Å². The molecular formula is C15H10F2N2OS. The molecule has 0 bridgehead atoms. The molecule has 1 amide bonds. The first kappa shape index (κ1) is 13.5. The smallest absolute Gasteiger partial charge is 0.267 e. The second-order valence-electron chi connectivity index (χ2n) is 4.45. The van der Waals surface area contributed by atoms with E-state index in [-0.39, 0.29) is 5.69 Å². The number of halogens is 2. The average Bonchev–Trinajstić information content (AvgIpc) is 2.76. The number of nitrogen functional groups attached to an aromatic ring is 1. The number of thiophene rings is 1. The summed E-state index contributed by atoms with van der Waals surface area (Å²) >= 11 is 1.24. The maximum absolute atomic E-state index is 13.1. The normalized spacial score (nSPS) is 10.8. The van der Waals surface area contributed by atoms with Gasteiger partial charge in [-0.1, -0.05) is 18.2 Å². The number of hydrogen-bond donors (Lipinski definition) is 2. The van der Waals surface area contributed by atoms with Crippen molar-refractivity contribution in [3.63, 3.8) is 0 Å². The van der Waals surface area contributed by atoms with Crippen LogP contribution < -0.4 is 11.1 Å². The van der Waals surface area contributed by atoms with Crippen LogP contribution >= 0.6 is 11.3 Å². The van der Waals surface area contributed by atoms with Gasteiger partial charge in [0.05, 0.1) is 5.69 Å². The van der Waals surface area contributed by atoms with Crippen molar-refractivity contribution in [3.05, 3.63) is 59.0 Å². The molecule has 0 spiro atoms. The van der Waals surface area contributed by atoms with E-state index < -0.39 is 17.5 Å². The minimum Gasteiger partial charge on any atom is -0.397 e. The van der Waals surface area contributed by atoms with Crippen LogP contribution in [-0.4, -0.2) is 5.91 Å². The van der Waals surface area contributed by atoms with Gasteiger partial charge in [-0.15, -0.1) is 11.3 Å². The zero-order valence-electron chi connectivity index (χ0n) is 10.7. The van der Waals surface area contributed by atoms with Crippen LogP contribution in [0.25, 0.3) is 10.1 Å². The van der Waals surface area contributed by atoms with E-state index in [4.69, 9.17) is 5.73 Å². The molecule has 3 nitrogen and oxygen atoms in total. The van der Waals surface area contributed by atoms with Crippen LogP contribution in [0.1, 0.15) is 9.67 Å². The van der Waals surface area contributed by atoms with Crippen molar-refractivity contribution in [2.75, 3.05) is 11.1 Å². The minimum atomic E-state index is -0.755. The lowest BCUT2D eigenvalue weighted by Crippen LogP contribution is -2.12. The number of hydrogen-bond acceptors (Lipinski definition) is 3. The molecule has 3 N–H and O–H groups in total. The van der Waals surface area contributed by atoms with Gasteiger partial charge >= 0.3 is 0 Å². The van der Waals surface area contributed by atoms with E-state index in [1.54, 1.807) is 0 Å². The predicted octanol–water partition coefficient (Wildman–Crippen LogP) is 4.01. The standard InChI is InChI=1S/C15H10F2N2OS/c16-8-5-9(17)7-10(6-8)19-15(20)14-13(18)11-3-1-2-4-12(11)21-14/h1-7H,18H2,(H,19,20). The average molecular weight is 304 g/mol. The summed E-state index contributed by atoms with van der Waals surface area (Å²) < 4.78 is 27.1. The Balaban J connectivity index is 1.95. The lowest BCUT2D eigenvalue weighted by Gasteiger charge is -2.05. The molecule has 21 heavy (non-hydrogen) atoms. The van der Waals surface area contributed by atoms with E-state index in [1.165, 1.54) is 11.3 Å². The van der Waals surface area contributed by atoms with E-state index in [2.05, 4.69) is 5.32 Å². The first-order chi connectivity index (χ1) is 10.0. The van der Waals surface area contributed by atoms with Crippen LogP contribution in [0.5, 0.6) is 0 Å². The maximum Gasteiger partial charge on any atom is 0.267 e. The highest BCUT2D eigenvalue weighted by molar-refractivity contribution is 7.21. The highest BCUT2D eigenvalue weighted by Gasteiger charge is 2.16. The molecule has 0 fully saturated rings. The Morgan fingerprint density at radius 3 is 2.43 bits per heavy atom. The third-order valence-corrected chi connectivity index (χ3v) is 4.15. The van der Waals surface area contributed by atoms with Crippen molar-refractivity contribution in [3.8, 4) is 0 Å². The Morgan fingerprint density at radius 2 is 1.76 bits per heavy atom. The van der Waals surface area contributed by atoms with Crippen molar-refractivity contribution in [1.82, 2.24) is 0 Å². The zero-order chi connectivity index (χ0) is 15.0. The summed E-state index contributed by atoms with van der Waals surface area (Å²) in [5.41, 5.74) is 6.37. The molecule has 0 aliphatic rings. The Morgan fingerprint density at radius 1 is 1.10 bits per heavy atom. The second kappa shape index (κ2) is 5.14. The molecule has 3 aromatic rings. The summed E-state index contributed by atoms with van der Waals surface area (Å²) in [5.74, 6) is -2.00. The summed E-state index contributed by atoms with van der Waals surface area (Å²) in [6.07, 6.45) is 0. The first-order valence-corrected chi connectivity index (χ1v) is 6.90. The molecule has 6 heteroatoms. The third-order valence-electron chi connectivity index (χ3n) is 2.96. The van der Waals surface area contributed by atoms with E-state index in [0.29, 0.717) is 10.6 Å². The molecule has 1 heterocycles. The minimum absolute atomic E-state index is 0.0503. The van der Waals surface area contributed by atoms with Gasteiger partial charge in [0.2, 0.25) is 0 Å². The molecule has 0 radical (unpaired) electrons. The molecule has 0 unspecified atom stereocenters. The summed E-state index contributed by atoms with van der Waals surface area (Å²) in [6.45, 7) is 0. The molecule has 106 valence electrons. The summed E-state index contributed by atoms with van der Waals surface area (Å²) in [7, 11) is 0. The zero-order valence-corrected chi connectivity index (χ0v) is 11.5. The molecule has 0 saturated carbocycles. The van der Waals surface area contributed by atoms with E-state index >= 15 is 0 Å². The highest BCUT2D eigenvalue weighted by Crippen LogP contribution is 2.33. The highest BCUT2D eigenvalue weighted by atomic mass is 32.1. The molecule has 0 aliphatic heterocycles.